The fraction of sp³-hybridized carbons (Fsp3) is 0.318. The number of carbonyl (C=O) groups excluding carboxylic acids is 1. The zero-order chi connectivity index (χ0) is 22.2. The number of anilines is 1. The van der Waals surface area contributed by atoms with E-state index in [-0.39, 0.29) is 4.90 Å². The number of aromatic amines is 1. The number of rotatable bonds is 5. The summed E-state index contributed by atoms with van der Waals surface area (Å²) in [6.07, 6.45) is -1.24. The normalized spacial score (nSPS) is 16.8. The summed E-state index contributed by atoms with van der Waals surface area (Å²) < 4.78 is 32.4. The van der Waals surface area contributed by atoms with E-state index in [0.717, 1.165) is 22.3 Å². The zero-order valence-electron chi connectivity index (χ0n) is 17.3. The number of nitrogens with one attached hydrogen (secondary N) is 2. The second-order valence-corrected chi connectivity index (χ2v) is 9.58. The SMILES string of the molecule is CC(C)OC(=O)NS(=O)(=O)c1ccc(N2CC[C@H](O)C2)c(-c2cc3ccccc3[nH]2)c1. The van der Waals surface area contributed by atoms with Crippen molar-refractivity contribution in [2.75, 3.05) is 18.0 Å². The first kappa shape index (κ1) is 21.2. The Kier molecular flexibility index (Phi) is 5.63. The summed E-state index contributed by atoms with van der Waals surface area (Å²) in [7, 11) is -4.12. The van der Waals surface area contributed by atoms with Crippen LogP contribution in [0.1, 0.15) is 20.3 Å². The number of benzene rings is 2. The predicted molar refractivity (Wildman–Crippen MR) is 119 cm³/mol. The molecule has 1 aliphatic heterocycles. The van der Waals surface area contributed by atoms with Crippen LogP contribution in [-0.2, 0) is 14.8 Å². The van der Waals surface area contributed by atoms with Crippen LogP contribution in [0.15, 0.2) is 53.4 Å². The number of carbonyl (C=O) groups is 1. The number of aliphatic hydroxyl groups excluding tert-OH is 1. The van der Waals surface area contributed by atoms with Crippen LogP contribution >= 0.6 is 0 Å². The van der Waals surface area contributed by atoms with Crippen molar-refractivity contribution in [1.82, 2.24) is 9.71 Å². The number of hydrogen-bond donors (Lipinski definition) is 3. The average Bonchev–Trinajstić information content (AvgIpc) is 3.32. The third kappa shape index (κ3) is 4.52. The molecule has 1 aliphatic rings. The van der Waals surface area contributed by atoms with Crippen LogP contribution in [0, 0.1) is 0 Å². The second kappa shape index (κ2) is 8.24. The van der Waals surface area contributed by atoms with Gasteiger partial charge in [-0.3, -0.25) is 0 Å². The lowest BCUT2D eigenvalue weighted by atomic mass is 10.1. The number of sulfonamides is 1. The van der Waals surface area contributed by atoms with Gasteiger partial charge >= 0.3 is 6.09 Å². The number of ether oxygens (including phenoxy) is 1. The third-order valence-corrected chi connectivity index (χ3v) is 6.47. The highest BCUT2D eigenvalue weighted by Gasteiger charge is 2.26. The van der Waals surface area contributed by atoms with Crippen LogP contribution in [0.3, 0.4) is 0 Å². The number of nitrogens with zero attached hydrogens (tertiary/aromatic N) is 1. The van der Waals surface area contributed by atoms with Crippen LogP contribution in [0.25, 0.3) is 22.2 Å². The molecule has 0 radical (unpaired) electrons. The molecule has 0 bridgehead atoms. The van der Waals surface area contributed by atoms with Crippen LogP contribution in [-0.4, -0.2) is 49.9 Å². The van der Waals surface area contributed by atoms with Gasteiger partial charge in [-0.2, -0.15) is 0 Å². The molecule has 0 spiro atoms. The van der Waals surface area contributed by atoms with Crippen molar-refractivity contribution in [2.24, 2.45) is 0 Å². The fourth-order valence-electron chi connectivity index (χ4n) is 3.76. The highest BCUT2D eigenvalue weighted by atomic mass is 32.2. The molecule has 0 unspecified atom stereocenters. The standard InChI is InChI=1S/C22H25N3O5S/c1-14(2)30-22(27)24-31(28,29)17-7-8-21(25-10-9-16(26)13-25)18(12-17)20-11-15-5-3-4-6-19(15)23-20/h3-8,11-12,14,16,23,26H,9-10,13H2,1-2H3,(H,24,27)/t16-/m0/s1. The monoisotopic (exact) mass is 443 g/mol. The van der Waals surface area contributed by atoms with Crippen molar-refractivity contribution in [3.05, 3.63) is 48.5 Å². The summed E-state index contributed by atoms with van der Waals surface area (Å²) >= 11 is 0. The highest BCUT2D eigenvalue weighted by Crippen LogP contribution is 2.36. The van der Waals surface area contributed by atoms with Crippen molar-refractivity contribution in [3.63, 3.8) is 0 Å². The first-order valence-electron chi connectivity index (χ1n) is 10.1. The van der Waals surface area contributed by atoms with E-state index in [2.05, 4.69) is 4.98 Å². The lowest BCUT2D eigenvalue weighted by molar-refractivity contribution is 0.121. The Morgan fingerprint density at radius 2 is 2.00 bits per heavy atom. The number of para-hydroxylation sites is 1. The highest BCUT2D eigenvalue weighted by molar-refractivity contribution is 7.90. The smallest absolute Gasteiger partial charge is 0.421 e. The summed E-state index contributed by atoms with van der Waals surface area (Å²) in [4.78, 5) is 17.2. The van der Waals surface area contributed by atoms with Gasteiger partial charge in [0.15, 0.2) is 0 Å². The maximum atomic E-state index is 12.8. The van der Waals surface area contributed by atoms with E-state index in [1.807, 2.05) is 40.0 Å². The molecule has 31 heavy (non-hydrogen) atoms. The largest absolute Gasteiger partial charge is 0.446 e. The minimum absolute atomic E-state index is 0.0506. The van der Waals surface area contributed by atoms with Gasteiger partial charge in [0.2, 0.25) is 0 Å². The van der Waals surface area contributed by atoms with Crippen molar-refractivity contribution in [2.45, 2.75) is 37.4 Å². The molecule has 2 aromatic carbocycles. The number of β-amino-alcohol motifs (C(OH)–C–C–N with tert-alkyl or cyclic N) is 1. The molecule has 164 valence electrons. The molecule has 1 atom stereocenters. The Hall–Kier alpha value is -3.04. The van der Waals surface area contributed by atoms with Crippen molar-refractivity contribution >= 4 is 32.7 Å². The quantitative estimate of drug-likeness (QED) is 0.558. The maximum absolute atomic E-state index is 12.8. The molecule has 0 aliphatic carbocycles. The number of fused-ring (bicyclic) bond motifs is 1. The fourth-order valence-corrected chi connectivity index (χ4v) is 4.67. The van der Waals surface area contributed by atoms with Gasteiger partial charge in [-0.1, -0.05) is 18.2 Å². The van der Waals surface area contributed by atoms with Crippen LogP contribution in [0.4, 0.5) is 10.5 Å². The number of H-pyrrole nitrogens is 1. The van der Waals surface area contributed by atoms with E-state index < -0.39 is 28.3 Å². The predicted octanol–water partition coefficient (Wildman–Crippen LogP) is 3.23. The van der Waals surface area contributed by atoms with Crippen molar-refractivity contribution < 1.29 is 23.1 Å². The summed E-state index contributed by atoms with van der Waals surface area (Å²) in [5, 5.41) is 11.0. The van der Waals surface area contributed by atoms with Crippen molar-refractivity contribution in [3.8, 4) is 11.3 Å². The van der Waals surface area contributed by atoms with Gasteiger partial charge in [0, 0.05) is 40.9 Å². The molecule has 1 saturated heterocycles. The van der Waals surface area contributed by atoms with Gasteiger partial charge in [0.05, 0.1) is 17.1 Å². The molecule has 3 N–H and O–H groups in total. The molecule has 1 fully saturated rings. The van der Waals surface area contributed by atoms with Crippen molar-refractivity contribution in [1.29, 1.82) is 0 Å². The van der Waals surface area contributed by atoms with E-state index in [0.29, 0.717) is 25.1 Å². The summed E-state index contributed by atoms with van der Waals surface area (Å²) in [6, 6.07) is 14.4. The van der Waals surface area contributed by atoms with Crippen LogP contribution in [0.5, 0.6) is 0 Å². The minimum Gasteiger partial charge on any atom is -0.446 e. The molecule has 4 rings (SSSR count). The topological polar surface area (TPSA) is 112 Å². The van der Waals surface area contributed by atoms with Gasteiger partial charge in [0.25, 0.3) is 10.0 Å². The Bertz CT molecular complexity index is 1190. The second-order valence-electron chi connectivity index (χ2n) is 7.90. The Balaban J connectivity index is 1.77. The van der Waals surface area contributed by atoms with Crippen LogP contribution in [0.2, 0.25) is 0 Å². The molecule has 1 amide bonds. The van der Waals surface area contributed by atoms with Crippen LogP contribution < -0.4 is 9.62 Å². The number of aliphatic hydroxyl groups is 1. The first-order chi connectivity index (χ1) is 14.7. The lowest BCUT2D eigenvalue weighted by Gasteiger charge is -2.22. The minimum atomic E-state index is -4.12. The van der Waals surface area contributed by atoms with E-state index in [1.54, 1.807) is 19.9 Å². The lowest BCUT2D eigenvalue weighted by Crippen LogP contribution is -2.32. The average molecular weight is 444 g/mol. The van der Waals surface area contributed by atoms with E-state index in [1.165, 1.54) is 12.1 Å². The maximum Gasteiger partial charge on any atom is 0.421 e. The van der Waals surface area contributed by atoms with Gasteiger partial charge < -0.3 is 19.7 Å². The molecule has 1 aromatic heterocycles. The molecule has 8 nitrogen and oxygen atoms in total. The van der Waals surface area contributed by atoms with E-state index in [9.17, 15) is 18.3 Å². The first-order valence-corrected chi connectivity index (χ1v) is 11.6. The Morgan fingerprint density at radius 3 is 2.68 bits per heavy atom. The number of amides is 1. The van der Waals surface area contributed by atoms with Gasteiger partial charge in [-0.15, -0.1) is 0 Å². The Morgan fingerprint density at radius 1 is 1.23 bits per heavy atom. The number of hydrogen-bond acceptors (Lipinski definition) is 6. The van der Waals surface area contributed by atoms with E-state index in [4.69, 9.17) is 4.74 Å². The number of aromatic nitrogens is 1. The summed E-state index contributed by atoms with van der Waals surface area (Å²) in [5.74, 6) is 0. The Labute approximate surface area is 180 Å². The molecular formula is C22H25N3O5S. The zero-order valence-corrected chi connectivity index (χ0v) is 18.1. The molecular weight excluding hydrogens is 418 g/mol. The molecule has 3 aromatic rings. The van der Waals surface area contributed by atoms with Gasteiger partial charge in [0.1, 0.15) is 0 Å². The molecule has 0 saturated carbocycles. The summed E-state index contributed by atoms with van der Waals surface area (Å²) in [6.45, 7) is 4.41. The summed E-state index contributed by atoms with van der Waals surface area (Å²) in [5.41, 5.74) is 3.16. The van der Waals surface area contributed by atoms with Gasteiger partial charge in [-0.25, -0.2) is 17.9 Å². The van der Waals surface area contributed by atoms with Gasteiger partial charge in [-0.05, 0) is 50.6 Å². The molecule has 2 heterocycles. The third-order valence-electron chi connectivity index (χ3n) is 5.16. The molecule has 9 heteroatoms. The van der Waals surface area contributed by atoms with E-state index >= 15 is 0 Å².